The number of rotatable bonds is 0. The fraction of sp³-hybridized carbons (Fsp3) is 0.143. The van der Waals surface area contributed by atoms with Gasteiger partial charge in [0.2, 0.25) is 0 Å². The Morgan fingerprint density at radius 2 is 2.40 bits per heavy atom. The first-order valence-corrected chi connectivity index (χ1v) is 3.22. The van der Waals surface area contributed by atoms with E-state index in [9.17, 15) is 0 Å². The third-order valence-electron chi connectivity index (χ3n) is 1.59. The van der Waals surface area contributed by atoms with Crippen molar-refractivity contribution in [1.82, 2.24) is 10.2 Å². The molecule has 0 aromatic rings. The van der Waals surface area contributed by atoms with Crippen LogP contribution in [0.3, 0.4) is 0 Å². The molecule has 0 fully saturated rings. The molecule has 3 nitrogen and oxygen atoms in total. The van der Waals surface area contributed by atoms with E-state index < -0.39 is 0 Å². The highest BCUT2D eigenvalue weighted by molar-refractivity contribution is 5.21. The van der Waals surface area contributed by atoms with E-state index in [1.165, 1.54) is 0 Å². The lowest BCUT2D eigenvalue weighted by atomic mass is 10.3. The zero-order chi connectivity index (χ0) is 6.97. The van der Waals surface area contributed by atoms with Crippen LogP contribution in [0.4, 0.5) is 0 Å². The van der Waals surface area contributed by atoms with Crippen LogP contribution in [-0.4, -0.2) is 11.1 Å². The fourth-order valence-corrected chi connectivity index (χ4v) is 1.13. The molecule has 2 rings (SSSR count). The van der Waals surface area contributed by atoms with Crippen molar-refractivity contribution in [2.45, 2.75) is 6.17 Å². The molecule has 10 heavy (non-hydrogen) atoms. The van der Waals surface area contributed by atoms with Crippen molar-refractivity contribution in [3.8, 4) is 0 Å². The van der Waals surface area contributed by atoms with Gasteiger partial charge in [0.15, 0.2) is 0 Å². The quantitative estimate of drug-likeness (QED) is 0.493. The Balaban J connectivity index is 2.24. The van der Waals surface area contributed by atoms with Crippen LogP contribution in [0.25, 0.3) is 0 Å². The monoisotopic (exact) mass is 135 g/mol. The molecule has 2 aliphatic rings. The average Bonchev–Trinajstić information content (AvgIpc) is 2.27. The van der Waals surface area contributed by atoms with Crippen molar-refractivity contribution in [2.75, 3.05) is 0 Å². The first-order chi connectivity index (χ1) is 4.86. The van der Waals surface area contributed by atoms with Gasteiger partial charge in [-0.15, -0.1) is 0 Å². The molecule has 1 unspecified atom stereocenters. The van der Waals surface area contributed by atoms with Crippen LogP contribution in [0.2, 0.25) is 0 Å². The summed E-state index contributed by atoms with van der Waals surface area (Å²) in [5, 5.41) is 3.08. The maximum atomic E-state index is 5.54. The van der Waals surface area contributed by atoms with Crippen LogP contribution in [0.5, 0.6) is 0 Å². The van der Waals surface area contributed by atoms with E-state index in [1.807, 2.05) is 29.5 Å². The molecule has 3 N–H and O–H groups in total. The molecular weight excluding hydrogens is 126 g/mol. The van der Waals surface area contributed by atoms with Crippen molar-refractivity contribution < 1.29 is 0 Å². The molecule has 0 aliphatic carbocycles. The molecule has 2 aliphatic heterocycles. The second-order valence-electron chi connectivity index (χ2n) is 2.35. The summed E-state index contributed by atoms with van der Waals surface area (Å²) in [6.07, 6.45) is 10.1. The first kappa shape index (κ1) is 5.41. The lowest BCUT2D eigenvalue weighted by molar-refractivity contribution is 0.424. The zero-order valence-electron chi connectivity index (χ0n) is 5.49. The summed E-state index contributed by atoms with van der Waals surface area (Å²) in [5.41, 5.74) is 5.54. The summed E-state index contributed by atoms with van der Waals surface area (Å²) in [5.74, 6) is 0.723. The third kappa shape index (κ3) is 0.673. The van der Waals surface area contributed by atoms with Gasteiger partial charge in [-0.05, 0) is 12.2 Å². The molecule has 0 aromatic heterocycles. The van der Waals surface area contributed by atoms with Crippen LogP contribution in [0.1, 0.15) is 0 Å². The van der Waals surface area contributed by atoms with Crippen LogP contribution < -0.4 is 11.1 Å². The number of nitrogens with two attached hydrogens (primary N) is 1. The normalized spacial score (nSPS) is 27.8. The van der Waals surface area contributed by atoms with Gasteiger partial charge in [-0.1, -0.05) is 6.08 Å². The molecule has 0 saturated heterocycles. The van der Waals surface area contributed by atoms with Crippen LogP contribution in [0.15, 0.2) is 36.4 Å². The SMILES string of the molecule is NC1=CN2C=CC=CC2N1. The third-order valence-corrected chi connectivity index (χ3v) is 1.59. The zero-order valence-corrected chi connectivity index (χ0v) is 5.49. The molecule has 2 heterocycles. The van der Waals surface area contributed by atoms with E-state index in [0.717, 1.165) is 5.82 Å². The molecule has 3 heteroatoms. The molecule has 52 valence electrons. The maximum absolute atomic E-state index is 5.54. The number of allylic oxidation sites excluding steroid dienone is 2. The summed E-state index contributed by atoms with van der Waals surface area (Å²) in [6.45, 7) is 0. The van der Waals surface area contributed by atoms with Gasteiger partial charge in [0.05, 0.1) is 0 Å². The van der Waals surface area contributed by atoms with Crippen LogP contribution >= 0.6 is 0 Å². The molecule has 0 aromatic carbocycles. The highest BCUT2D eigenvalue weighted by atomic mass is 15.3. The number of nitrogens with zero attached hydrogens (tertiary/aromatic N) is 1. The lowest BCUT2D eigenvalue weighted by Crippen LogP contribution is -2.33. The Morgan fingerprint density at radius 3 is 3.20 bits per heavy atom. The second kappa shape index (κ2) is 1.80. The predicted octanol–water partition coefficient (Wildman–Crippen LogP) is 0.0588. The van der Waals surface area contributed by atoms with E-state index in [0.29, 0.717) is 0 Å². The summed E-state index contributed by atoms with van der Waals surface area (Å²) in [4.78, 5) is 2.02. The van der Waals surface area contributed by atoms with Gasteiger partial charge in [-0.25, -0.2) is 0 Å². The standard InChI is InChI=1S/C7H9N3/c8-6-5-10-4-2-1-3-7(10)9-6/h1-5,7,9H,8H2. The number of fused-ring (bicyclic) bond motifs is 1. The van der Waals surface area contributed by atoms with Gasteiger partial charge in [-0.2, -0.15) is 0 Å². The van der Waals surface area contributed by atoms with Crippen molar-refractivity contribution in [3.05, 3.63) is 36.4 Å². The number of nitrogens with one attached hydrogen (secondary N) is 1. The van der Waals surface area contributed by atoms with E-state index in [-0.39, 0.29) is 6.17 Å². The first-order valence-electron chi connectivity index (χ1n) is 3.22. The molecular formula is C7H9N3. The van der Waals surface area contributed by atoms with Gasteiger partial charge >= 0.3 is 0 Å². The summed E-state index contributed by atoms with van der Waals surface area (Å²) < 4.78 is 0. The average molecular weight is 135 g/mol. The van der Waals surface area contributed by atoms with Crippen LogP contribution in [0, 0.1) is 0 Å². The Labute approximate surface area is 59.5 Å². The largest absolute Gasteiger partial charge is 0.384 e. The lowest BCUT2D eigenvalue weighted by Gasteiger charge is -2.20. The van der Waals surface area contributed by atoms with Gasteiger partial charge in [0.1, 0.15) is 12.0 Å². The molecule has 0 bridgehead atoms. The van der Waals surface area contributed by atoms with E-state index in [4.69, 9.17) is 5.73 Å². The van der Waals surface area contributed by atoms with Gasteiger partial charge in [0, 0.05) is 12.4 Å². The second-order valence-corrected chi connectivity index (χ2v) is 2.35. The minimum absolute atomic E-state index is 0.241. The smallest absolute Gasteiger partial charge is 0.123 e. The van der Waals surface area contributed by atoms with Crippen molar-refractivity contribution in [2.24, 2.45) is 5.73 Å². The maximum Gasteiger partial charge on any atom is 0.123 e. The minimum Gasteiger partial charge on any atom is -0.384 e. The number of hydrogen-bond acceptors (Lipinski definition) is 3. The molecule has 0 saturated carbocycles. The van der Waals surface area contributed by atoms with E-state index >= 15 is 0 Å². The topological polar surface area (TPSA) is 41.3 Å². The van der Waals surface area contributed by atoms with Gasteiger partial charge < -0.3 is 16.0 Å². The van der Waals surface area contributed by atoms with Crippen molar-refractivity contribution in [3.63, 3.8) is 0 Å². The Morgan fingerprint density at radius 1 is 1.50 bits per heavy atom. The van der Waals surface area contributed by atoms with Gasteiger partial charge in [-0.3, -0.25) is 0 Å². The van der Waals surface area contributed by atoms with E-state index in [1.54, 1.807) is 0 Å². The summed E-state index contributed by atoms with van der Waals surface area (Å²) in [7, 11) is 0. The molecule has 0 amide bonds. The Bertz CT molecular complexity index is 227. The summed E-state index contributed by atoms with van der Waals surface area (Å²) >= 11 is 0. The fourth-order valence-electron chi connectivity index (χ4n) is 1.13. The molecule has 0 spiro atoms. The highest BCUT2D eigenvalue weighted by Crippen LogP contribution is 2.12. The Hall–Kier alpha value is -1.38. The highest BCUT2D eigenvalue weighted by Gasteiger charge is 2.18. The van der Waals surface area contributed by atoms with Crippen molar-refractivity contribution >= 4 is 0 Å². The molecule has 1 atom stereocenters. The Kier molecular flexibility index (Phi) is 0.974. The minimum atomic E-state index is 0.241. The van der Waals surface area contributed by atoms with Crippen molar-refractivity contribution in [1.29, 1.82) is 0 Å². The van der Waals surface area contributed by atoms with Crippen LogP contribution in [-0.2, 0) is 0 Å². The summed E-state index contributed by atoms with van der Waals surface area (Å²) in [6, 6.07) is 0. The molecule has 0 radical (unpaired) electrons. The van der Waals surface area contributed by atoms with E-state index in [2.05, 4.69) is 11.4 Å². The van der Waals surface area contributed by atoms with Gasteiger partial charge in [0.25, 0.3) is 0 Å². The number of hydrogen-bond donors (Lipinski definition) is 2. The predicted molar refractivity (Wildman–Crippen MR) is 39.3 cm³/mol.